The second-order valence-corrected chi connectivity index (χ2v) is 5.12. The van der Waals surface area contributed by atoms with Crippen LogP contribution in [0.3, 0.4) is 0 Å². The standard InChI is InChI=1S/C14H16INO/c1-3-11-8-12(5-4-10(11)2)16-9-13-6-7-14(15)17-13/h4-8,16H,3,9H2,1-2H3. The van der Waals surface area contributed by atoms with Crippen molar-refractivity contribution in [3.05, 3.63) is 51.0 Å². The molecule has 0 aliphatic carbocycles. The van der Waals surface area contributed by atoms with Gasteiger partial charge in [0, 0.05) is 5.69 Å². The van der Waals surface area contributed by atoms with E-state index in [1.54, 1.807) is 0 Å². The first kappa shape index (κ1) is 12.5. The molecule has 0 bridgehead atoms. The van der Waals surface area contributed by atoms with Crippen molar-refractivity contribution in [3.8, 4) is 0 Å². The Morgan fingerprint density at radius 1 is 1.24 bits per heavy atom. The number of benzene rings is 1. The monoisotopic (exact) mass is 341 g/mol. The summed E-state index contributed by atoms with van der Waals surface area (Å²) in [5, 5.41) is 3.38. The van der Waals surface area contributed by atoms with Gasteiger partial charge in [-0.25, -0.2) is 0 Å². The average Bonchev–Trinajstić information content (AvgIpc) is 2.74. The van der Waals surface area contributed by atoms with Gasteiger partial charge in [-0.05, 0) is 71.3 Å². The summed E-state index contributed by atoms with van der Waals surface area (Å²) in [6, 6.07) is 10.5. The van der Waals surface area contributed by atoms with Crippen molar-refractivity contribution >= 4 is 28.3 Å². The molecule has 0 amide bonds. The molecule has 1 N–H and O–H groups in total. The number of anilines is 1. The highest BCUT2D eigenvalue weighted by Crippen LogP contribution is 2.17. The fourth-order valence-electron chi connectivity index (χ4n) is 1.80. The van der Waals surface area contributed by atoms with Crippen LogP contribution in [0.1, 0.15) is 23.8 Å². The van der Waals surface area contributed by atoms with Crippen LogP contribution < -0.4 is 5.32 Å². The molecule has 17 heavy (non-hydrogen) atoms. The number of hydrogen-bond donors (Lipinski definition) is 1. The Morgan fingerprint density at radius 3 is 2.71 bits per heavy atom. The van der Waals surface area contributed by atoms with E-state index in [1.165, 1.54) is 11.1 Å². The largest absolute Gasteiger partial charge is 0.454 e. The lowest BCUT2D eigenvalue weighted by molar-refractivity contribution is 0.493. The van der Waals surface area contributed by atoms with E-state index in [4.69, 9.17) is 4.42 Å². The Kier molecular flexibility index (Phi) is 4.10. The molecule has 0 aliphatic rings. The Bertz CT molecular complexity index is 505. The first-order valence-corrected chi connectivity index (χ1v) is 6.84. The van der Waals surface area contributed by atoms with E-state index in [0.717, 1.165) is 28.2 Å². The highest BCUT2D eigenvalue weighted by atomic mass is 127. The molecular formula is C14H16INO. The summed E-state index contributed by atoms with van der Waals surface area (Å²) in [4.78, 5) is 0. The van der Waals surface area contributed by atoms with Crippen LogP contribution in [0.4, 0.5) is 5.69 Å². The number of furan rings is 1. The molecule has 0 saturated carbocycles. The van der Waals surface area contributed by atoms with Gasteiger partial charge in [0.05, 0.1) is 6.54 Å². The lowest BCUT2D eigenvalue weighted by atomic mass is 10.1. The summed E-state index contributed by atoms with van der Waals surface area (Å²) < 4.78 is 6.44. The van der Waals surface area contributed by atoms with Crippen molar-refractivity contribution in [1.29, 1.82) is 0 Å². The first-order valence-electron chi connectivity index (χ1n) is 5.76. The number of halogens is 1. The summed E-state index contributed by atoms with van der Waals surface area (Å²) in [5.74, 6) is 0.966. The van der Waals surface area contributed by atoms with Gasteiger partial charge in [-0.15, -0.1) is 0 Å². The van der Waals surface area contributed by atoms with Crippen LogP contribution >= 0.6 is 22.6 Å². The Labute approximate surface area is 116 Å². The maximum absolute atomic E-state index is 5.51. The fourth-order valence-corrected chi connectivity index (χ4v) is 2.26. The van der Waals surface area contributed by atoms with Crippen LogP contribution in [0, 0.1) is 10.7 Å². The summed E-state index contributed by atoms with van der Waals surface area (Å²) in [5.41, 5.74) is 3.90. The molecule has 0 fully saturated rings. The van der Waals surface area contributed by atoms with E-state index in [-0.39, 0.29) is 0 Å². The lowest BCUT2D eigenvalue weighted by Crippen LogP contribution is -1.99. The van der Waals surface area contributed by atoms with Gasteiger partial charge >= 0.3 is 0 Å². The molecule has 2 aromatic rings. The SMILES string of the molecule is CCc1cc(NCc2ccc(I)o2)ccc1C. The zero-order valence-electron chi connectivity index (χ0n) is 10.1. The summed E-state index contributed by atoms with van der Waals surface area (Å²) in [6.45, 7) is 5.06. The molecule has 0 radical (unpaired) electrons. The quantitative estimate of drug-likeness (QED) is 0.836. The Morgan fingerprint density at radius 2 is 2.06 bits per heavy atom. The molecule has 1 heterocycles. The molecule has 3 heteroatoms. The van der Waals surface area contributed by atoms with Crippen molar-refractivity contribution in [2.75, 3.05) is 5.32 Å². The second-order valence-electron chi connectivity index (χ2n) is 4.05. The third kappa shape index (κ3) is 3.25. The van der Waals surface area contributed by atoms with E-state index in [0.29, 0.717) is 0 Å². The molecule has 2 nitrogen and oxygen atoms in total. The molecule has 0 unspecified atom stereocenters. The third-order valence-corrected chi connectivity index (χ3v) is 3.41. The van der Waals surface area contributed by atoms with Crippen molar-refractivity contribution in [2.45, 2.75) is 26.8 Å². The minimum atomic E-state index is 0.731. The molecule has 0 aliphatic heterocycles. The van der Waals surface area contributed by atoms with Gasteiger partial charge in [-0.1, -0.05) is 13.0 Å². The molecule has 2 rings (SSSR count). The van der Waals surface area contributed by atoms with Gasteiger partial charge in [-0.3, -0.25) is 0 Å². The number of nitrogens with one attached hydrogen (secondary N) is 1. The lowest BCUT2D eigenvalue weighted by Gasteiger charge is -2.08. The van der Waals surface area contributed by atoms with Gasteiger partial charge in [-0.2, -0.15) is 0 Å². The predicted octanol–water partition coefficient (Wildman–Crippen LogP) is 4.37. The molecule has 1 aromatic heterocycles. The molecule has 0 saturated heterocycles. The molecule has 0 atom stereocenters. The number of hydrogen-bond acceptors (Lipinski definition) is 2. The highest BCUT2D eigenvalue weighted by molar-refractivity contribution is 14.1. The zero-order chi connectivity index (χ0) is 12.3. The van der Waals surface area contributed by atoms with E-state index >= 15 is 0 Å². The Balaban J connectivity index is 2.04. The molecule has 1 aromatic carbocycles. The fraction of sp³-hybridized carbons (Fsp3) is 0.286. The zero-order valence-corrected chi connectivity index (χ0v) is 12.2. The second kappa shape index (κ2) is 5.58. The highest BCUT2D eigenvalue weighted by Gasteiger charge is 2.01. The van der Waals surface area contributed by atoms with Gasteiger partial charge in [0.15, 0.2) is 3.77 Å². The topological polar surface area (TPSA) is 25.2 Å². The predicted molar refractivity (Wildman–Crippen MR) is 79.3 cm³/mol. The van der Waals surface area contributed by atoms with Crippen molar-refractivity contribution in [3.63, 3.8) is 0 Å². The van der Waals surface area contributed by atoms with E-state index in [1.807, 2.05) is 12.1 Å². The normalized spacial score (nSPS) is 10.5. The van der Waals surface area contributed by atoms with Gasteiger partial charge in [0.2, 0.25) is 0 Å². The van der Waals surface area contributed by atoms with Crippen molar-refractivity contribution in [1.82, 2.24) is 0 Å². The van der Waals surface area contributed by atoms with Crippen LogP contribution in [0.5, 0.6) is 0 Å². The van der Waals surface area contributed by atoms with E-state index < -0.39 is 0 Å². The smallest absolute Gasteiger partial charge is 0.164 e. The molecule has 90 valence electrons. The summed E-state index contributed by atoms with van der Waals surface area (Å²) in [6.07, 6.45) is 1.07. The van der Waals surface area contributed by atoms with Gasteiger partial charge in [0.1, 0.15) is 5.76 Å². The van der Waals surface area contributed by atoms with Crippen LogP contribution in [0.25, 0.3) is 0 Å². The van der Waals surface area contributed by atoms with E-state index in [9.17, 15) is 0 Å². The minimum absolute atomic E-state index is 0.731. The Hall–Kier alpha value is -0.970. The van der Waals surface area contributed by atoms with Crippen LogP contribution in [-0.4, -0.2) is 0 Å². The first-order chi connectivity index (χ1) is 8.19. The molecule has 0 spiro atoms. The van der Waals surface area contributed by atoms with Crippen molar-refractivity contribution in [2.24, 2.45) is 0 Å². The number of rotatable bonds is 4. The summed E-state index contributed by atoms with van der Waals surface area (Å²) in [7, 11) is 0. The van der Waals surface area contributed by atoms with Crippen molar-refractivity contribution < 1.29 is 4.42 Å². The molecular weight excluding hydrogens is 325 g/mol. The summed E-state index contributed by atoms with van der Waals surface area (Å²) >= 11 is 2.18. The average molecular weight is 341 g/mol. The third-order valence-electron chi connectivity index (χ3n) is 2.83. The van der Waals surface area contributed by atoms with Crippen LogP contribution in [-0.2, 0) is 13.0 Å². The maximum Gasteiger partial charge on any atom is 0.164 e. The van der Waals surface area contributed by atoms with Crippen LogP contribution in [0.2, 0.25) is 0 Å². The van der Waals surface area contributed by atoms with Gasteiger partial charge < -0.3 is 9.73 Å². The number of aryl methyl sites for hydroxylation is 2. The minimum Gasteiger partial charge on any atom is -0.454 e. The van der Waals surface area contributed by atoms with Gasteiger partial charge in [0.25, 0.3) is 0 Å². The van der Waals surface area contributed by atoms with Crippen LogP contribution in [0.15, 0.2) is 34.7 Å². The maximum atomic E-state index is 5.51. The van der Waals surface area contributed by atoms with E-state index in [2.05, 4.69) is 60.0 Å².